The average Bonchev–Trinajstić information content (AvgIpc) is 3.05. The molecule has 0 spiro atoms. The second-order valence-electron chi connectivity index (χ2n) is 12.5. The molecule has 20 atom stereocenters. The SMILES string of the molecule is CC(C)[C@@H]1O[C@H](CO)[C@@H](O[C@@H]2O[C@H](CO)[C@@H](O)[C@H](O)[C@H]2O)[C@H](O)[C@H]1O[C@@H]1O[C@H](CO[C@@H]2O[C@H](CO)[C@@H](O)[C@H](O)[C@H]2O)[C@@H](O)[C@H](O)[C@H]1O. The lowest BCUT2D eigenvalue weighted by atomic mass is 9.88. The Morgan fingerprint density at radius 1 is 0.447 bits per heavy atom. The fourth-order valence-electron chi connectivity index (χ4n) is 6.02. The van der Waals surface area contributed by atoms with Gasteiger partial charge in [0, 0.05) is 0 Å². The molecule has 0 aromatic carbocycles. The van der Waals surface area contributed by atoms with Crippen molar-refractivity contribution in [1.82, 2.24) is 0 Å². The van der Waals surface area contributed by atoms with Gasteiger partial charge in [0.15, 0.2) is 18.9 Å². The average molecular weight is 693 g/mol. The first-order valence-corrected chi connectivity index (χ1v) is 15.3. The molecule has 276 valence electrons. The number of rotatable bonds is 11. The largest absolute Gasteiger partial charge is 0.394 e. The first-order chi connectivity index (χ1) is 22.2. The van der Waals surface area contributed by atoms with Crippen molar-refractivity contribution in [3.8, 4) is 0 Å². The van der Waals surface area contributed by atoms with Gasteiger partial charge in [-0.2, -0.15) is 0 Å². The lowest BCUT2D eigenvalue weighted by Gasteiger charge is -2.50. The molecule has 0 saturated carbocycles. The Morgan fingerprint density at radius 3 is 1.32 bits per heavy atom. The highest BCUT2D eigenvalue weighted by Gasteiger charge is 2.54. The molecule has 4 fully saturated rings. The highest BCUT2D eigenvalue weighted by Crippen LogP contribution is 2.35. The molecule has 47 heavy (non-hydrogen) atoms. The van der Waals surface area contributed by atoms with E-state index in [-0.39, 0.29) is 0 Å². The monoisotopic (exact) mass is 692 g/mol. The van der Waals surface area contributed by atoms with E-state index >= 15 is 0 Å². The standard InChI is InChI=1S/C27H48O20/c1-7(2)22-24(21(40)23(10(5-30)42-22)46-26-19(38)16(35)13(32)9(4-29)44-26)47-27-20(39)17(36)14(33)11(45-27)6-41-25-18(37)15(34)12(31)8(3-28)43-25/h7-40H,3-6H2,1-2H3/t8-,9-,10-,11-,12-,13-,14-,15+,16+,17+,18-,19-,20-,21+,22+,23-,24-,25-,26+,27+/m1/s1. The van der Waals surface area contributed by atoms with Gasteiger partial charge in [0.2, 0.25) is 0 Å². The van der Waals surface area contributed by atoms with Gasteiger partial charge in [0.05, 0.1) is 32.5 Å². The molecule has 0 aromatic rings. The number of hydrogen-bond donors (Lipinski definition) is 13. The first kappa shape index (κ1) is 39.0. The number of hydrogen-bond acceptors (Lipinski definition) is 20. The minimum Gasteiger partial charge on any atom is -0.394 e. The zero-order valence-corrected chi connectivity index (χ0v) is 25.6. The molecule has 20 heteroatoms. The topological polar surface area (TPSA) is 328 Å². The first-order valence-electron chi connectivity index (χ1n) is 15.3. The quantitative estimate of drug-likeness (QED) is 0.0956. The van der Waals surface area contributed by atoms with Crippen LogP contribution in [0.5, 0.6) is 0 Å². The van der Waals surface area contributed by atoms with Crippen LogP contribution in [0.3, 0.4) is 0 Å². The predicted molar refractivity (Wildman–Crippen MR) is 147 cm³/mol. The maximum Gasteiger partial charge on any atom is 0.187 e. The summed E-state index contributed by atoms with van der Waals surface area (Å²) in [5.74, 6) is -0.418. The van der Waals surface area contributed by atoms with Gasteiger partial charge in [-0.25, -0.2) is 0 Å². The second-order valence-corrected chi connectivity index (χ2v) is 12.5. The summed E-state index contributed by atoms with van der Waals surface area (Å²) in [4.78, 5) is 0. The molecule has 0 unspecified atom stereocenters. The van der Waals surface area contributed by atoms with Crippen molar-refractivity contribution in [3.05, 3.63) is 0 Å². The summed E-state index contributed by atoms with van der Waals surface area (Å²) in [5, 5.41) is 133. The third-order valence-electron chi connectivity index (χ3n) is 8.91. The van der Waals surface area contributed by atoms with Crippen LogP contribution in [0.2, 0.25) is 0 Å². The van der Waals surface area contributed by atoms with E-state index in [1.54, 1.807) is 13.8 Å². The van der Waals surface area contributed by atoms with Crippen LogP contribution < -0.4 is 0 Å². The summed E-state index contributed by atoms with van der Waals surface area (Å²) in [6.07, 6.45) is -32.4. The molecule has 4 aliphatic heterocycles. The molecule has 0 amide bonds. The van der Waals surface area contributed by atoms with Gasteiger partial charge in [0.25, 0.3) is 0 Å². The van der Waals surface area contributed by atoms with E-state index in [4.69, 9.17) is 33.2 Å². The Bertz CT molecular complexity index is 959. The highest BCUT2D eigenvalue weighted by molar-refractivity contribution is 4.99. The summed E-state index contributed by atoms with van der Waals surface area (Å²) < 4.78 is 39.4. The Morgan fingerprint density at radius 2 is 0.851 bits per heavy atom. The molecule has 0 bridgehead atoms. The third-order valence-corrected chi connectivity index (χ3v) is 8.91. The fourth-order valence-corrected chi connectivity index (χ4v) is 6.02. The zero-order chi connectivity index (χ0) is 34.9. The van der Waals surface area contributed by atoms with Gasteiger partial charge in [-0.1, -0.05) is 13.8 Å². The molecular weight excluding hydrogens is 644 g/mol. The zero-order valence-electron chi connectivity index (χ0n) is 25.6. The molecule has 4 rings (SSSR count). The lowest BCUT2D eigenvalue weighted by molar-refractivity contribution is -0.371. The van der Waals surface area contributed by atoms with Gasteiger partial charge in [-0.3, -0.25) is 0 Å². The number of aliphatic hydroxyl groups excluding tert-OH is 13. The smallest absolute Gasteiger partial charge is 0.187 e. The maximum atomic E-state index is 11.5. The van der Waals surface area contributed by atoms with Gasteiger partial charge in [0.1, 0.15) is 97.7 Å². The molecule has 20 nitrogen and oxygen atoms in total. The van der Waals surface area contributed by atoms with Crippen LogP contribution >= 0.6 is 0 Å². The van der Waals surface area contributed by atoms with Crippen LogP contribution in [0.15, 0.2) is 0 Å². The van der Waals surface area contributed by atoms with Gasteiger partial charge in [-0.15, -0.1) is 0 Å². The van der Waals surface area contributed by atoms with Crippen molar-refractivity contribution < 1.29 is 99.5 Å². The Hall–Kier alpha value is -0.800. The predicted octanol–water partition coefficient (Wildman–Crippen LogP) is -8.04. The van der Waals surface area contributed by atoms with Crippen molar-refractivity contribution in [2.45, 2.75) is 136 Å². The summed E-state index contributed by atoms with van der Waals surface area (Å²) in [6.45, 7) is 0.546. The van der Waals surface area contributed by atoms with E-state index in [0.29, 0.717) is 0 Å². The van der Waals surface area contributed by atoms with E-state index in [2.05, 4.69) is 0 Å². The molecule has 0 aliphatic carbocycles. The van der Waals surface area contributed by atoms with Crippen LogP contribution in [-0.4, -0.2) is 215 Å². The molecular formula is C27H48O20. The molecule has 0 aromatic heterocycles. The van der Waals surface area contributed by atoms with E-state index in [0.717, 1.165) is 0 Å². The lowest BCUT2D eigenvalue weighted by Crippen LogP contribution is -2.67. The van der Waals surface area contributed by atoms with Crippen molar-refractivity contribution in [1.29, 1.82) is 0 Å². The van der Waals surface area contributed by atoms with Crippen molar-refractivity contribution in [3.63, 3.8) is 0 Å². The molecule has 4 saturated heterocycles. The van der Waals surface area contributed by atoms with Crippen molar-refractivity contribution >= 4 is 0 Å². The van der Waals surface area contributed by atoms with E-state index in [1.807, 2.05) is 0 Å². The normalized spacial score (nSPS) is 51.3. The Labute approximate surface area is 268 Å². The van der Waals surface area contributed by atoms with Crippen LogP contribution in [0.1, 0.15) is 13.8 Å². The van der Waals surface area contributed by atoms with Crippen LogP contribution in [0, 0.1) is 5.92 Å². The summed E-state index contributed by atoms with van der Waals surface area (Å²) in [7, 11) is 0. The Balaban J connectivity index is 1.50. The highest BCUT2D eigenvalue weighted by atomic mass is 16.8. The molecule has 4 heterocycles. The van der Waals surface area contributed by atoms with Gasteiger partial charge >= 0.3 is 0 Å². The minimum atomic E-state index is -1.91. The van der Waals surface area contributed by atoms with E-state index in [1.165, 1.54) is 0 Å². The van der Waals surface area contributed by atoms with Crippen molar-refractivity contribution in [2.75, 3.05) is 26.4 Å². The number of ether oxygens (including phenoxy) is 7. The van der Waals surface area contributed by atoms with Crippen molar-refractivity contribution in [2.24, 2.45) is 5.92 Å². The van der Waals surface area contributed by atoms with Crippen LogP contribution in [0.25, 0.3) is 0 Å². The molecule has 13 N–H and O–H groups in total. The van der Waals surface area contributed by atoms with Gasteiger partial charge < -0.3 is 99.5 Å². The molecule has 4 aliphatic rings. The minimum absolute atomic E-state index is 0.418. The molecule has 0 radical (unpaired) electrons. The summed E-state index contributed by atoms with van der Waals surface area (Å²) in [6, 6.07) is 0. The summed E-state index contributed by atoms with van der Waals surface area (Å²) in [5.41, 5.74) is 0. The van der Waals surface area contributed by atoms with Crippen LogP contribution in [0.4, 0.5) is 0 Å². The van der Waals surface area contributed by atoms with Gasteiger partial charge in [-0.05, 0) is 5.92 Å². The fraction of sp³-hybridized carbons (Fsp3) is 1.00. The van der Waals surface area contributed by atoms with E-state index in [9.17, 15) is 66.4 Å². The summed E-state index contributed by atoms with van der Waals surface area (Å²) >= 11 is 0. The second kappa shape index (κ2) is 16.5. The third kappa shape index (κ3) is 8.08. The maximum absolute atomic E-state index is 11.5. The Kier molecular flexibility index (Phi) is 13.7. The number of aliphatic hydroxyl groups is 13. The van der Waals surface area contributed by atoms with Crippen LogP contribution in [-0.2, 0) is 33.2 Å². The van der Waals surface area contributed by atoms with E-state index < -0.39 is 155 Å².